The Morgan fingerprint density at radius 3 is 2.87 bits per heavy atom. The lowest BCUT2D eigenvalue weighted by molar-refractivity contribution is 0.303. The highest BCUT2D eigenvalue weighted by Gasteiger charge is 2.16. The van der Waals surface area contributed by atoms with E-state index in [1.54, 1.807) is 12.3 Å². The Bertz CT molecular complexity index is 346. The molecular formula is C12H15N3. The summed E-state index contributed by atoms with van der Waals surface area (Å²) in [6.45, 7) is 0.990. The second kappa shape index (κ2) is 4.79. The Hall–Kier alpha value is -1.56. The number of nitrogens with one attached hydrogen (secondary N) is 1. The lowest BCUT2D eigenvalue weighted by atomic mass is 9.83. The molecule has 3 heteroatoms. The van der Waals surface area contributed by atoms with Gasteiger partial charge in [0.05, 0.1) is 5.56 Å². The monoisotopic (exact) mass is 201 g/mol. The van der Waals surface area contributed by atoms with E-state index in [1.165, 1.54) is 25.7 Å². The molecule has 1 aromatic heterocycles. The van der Waals surface area contributed by atoms with Gasteiger partial charge in [-0.15, -0.1) is 0 Å². The first-order valence-corrected chi connectivity index (χ1v) is 5.48. The van der Waals surface area contributed by atoms with E-state index in [-0.39, 0.29) is 0 Å². The lowest BCUT2D eigenvalue weighted by Gasteiger charge is -2.25. The van der Waals surface area contributed by atoms with Crippen LogP contribution in [0.4, 0.5) is 5.82 Å². The molecule has 0 saturated heterocycles. The number of hydrogen-bond donors (Lipinski definition) is 1. The molecule has 0 spiro atoms. The molecule has 1 aliphatic carbocycles. The van der Waals surface area contributed by atoms with Crippen molar-refractivity contribution in [1.29, 1.82) is 5.26 Å². The fraction of sp³-hybridized carbons (Fsp3) is 0.500. The Labute approximate surface area is 90.1 Å². The van der Waals surface area contributed by atoms with Gasteiger partial charge in [-0.2, -0.15) is 5.26 Å². The van der Waals surface area contributed by atoms with Crippen molar-refractivity contribution in [3.8, 4) is 6.07 Å². The highest BCUT2D eigenvalue weighted by atomic mass is 15.0. The molecule has 0 radical (unpaired) electrons. The Balaban J connectivity index is 1.75. The van der Waals surface area contributed by atoms with Gasteiger partial charge in [0.15, 0.2) is 0 Å². The maximum atomic E-state index is 8.61. The molecule has 1 N–H and O–H groups in total. The first kappa shape index (κ1) is 9.97. The maximum absolute atomic E-state index is 8.61. The third kappa shape index (κ3) is 2.69. The fourth-order valence-corrected chi connectivity index (χ4v) is 1.75. The molecule has 2 rings (SSSR count). The zero-order valence-electron chi connectivity index (χ0n) is 8.74. The van der Waals surface area contributed by atoms with Crippen molar-refractivity contribution in [2.24, 2.45) is 5.92 Å². The molecular weight excluding hydrogens is 186 g/mol. The standard InChI is InChI=1S/C12H15N3/c13-8-11-4-5-12(15-9-11)14-7-6-10-2-1-3-10/h4-5,9-10H,1-3,6-7H2,(H,14,15). The van der Waals surface area contributed by atoms with Gasteiger partial charge < -0.3 is 5.32 Å². The summed E-state index contributed by atoms with van der Waals surface area (Å²) in [6, 6.07) is 5.71. The summed E-state index contributed by atoms with van der Waals surface area (Å²) in [7, 11) is 0. The third-order valence-corrected chi connectivity index (χ3v) is 2.98. The molecule has 3 nitrogen and oxygen atoms in total. The van der Waals surface area contributed by atoms with Crippen molar-refractivity contribution < 1.29 is 0 Å². The number of rotatable bonds is 4. The Kier molecular flexibility index (Phi) is 3.18. The van der Waals surface area contributed by atoms with Crippen LogP contribution >= 0.6 is 0 Å². The maximum Gasteiger partial charge on any atom is 0.125 e. The van der Waals surface area contributed by atoms with E-state index in [0.717, 1.165) is 18.3 Å². The van der Waals surface area contributed by atoms with Crippen molar-refractivity contribution in [2.75, 3.05) is 11.9 Å². The zero-order chi connectivity index (χ0) is 10.5. The molecule has 0 atom stereocenters. The van der Waals surface area contributed by atoms with Crippen LogP contribution in [0.25, 0.3) is 0 Å². The minimum atomic E-state index is 0.611. The van der Waals surface area contributed by atoms with Gasteiger partial charge in [0.25, 0.3) is 0 Å². The second-order valence-electron chi connectivity index (χ2n) is 4.06. The van der Waals surface area contributed by atoms with Crippen molar-refractivity contribution in [2.45, 2.75) is 25.7 Å². The Morgan fingerprint density at radius 2 is 2.33 bits per heavy atom. The number of nitriles is 1. The first-order valence-electron chi connectivity index (χ1n) is 5.48. The van der Waals surface area contributed by atoms with Crippen LogP contribution in [0, 0.1) is 17.2 Å². The van der Waals surface area contributed by atoms with Gasteiger partial charge in [0, 0.05) is 12.7 Å². The minimum absolute atomic E-state index is 0.611. The molecule has 0 amide bonds. The summed E-state index contributed by atoms with van der Waals surface area (Å²) in [6.07, 6.45) is 7.03. The fourth-order valence-electron chi connectivity index (χ4n) is 1.75. The van der Waals surface area contributed by atoms with Crippen LogP contribution in [0.2, 0.25) is 0 Å². The van der Waals surface area contributed by atoms with Gasteiger partial charge in [-0.3, -0.25) is 0 Å². The van der Waals surface area contributed by atoms with Crippen LogP contribution in [-0.2, 0) is 0 Å². The molecule has 1 aromatic rings. The van der Waals surface area contributed by atoms with Crippen molar-refractivity contribution in [3.63, 3.8) is 0 Å². The summed E-state index contributed by atoms with van der Waals surface area (Å²) < 4.78 is 0. The summed E-state index contributed by atoms with van der Waals surface area (Å²) in [5.41, 5.74) is 0.611. The first-order chi connectivity index (χ1) is 7.38. The van der Waals surface area contributed by atoms with Crippen LogP contribution < -0.4 is 5.32 Å². The summed E-state index contributed by atoms with van der Waals surface area (Å²) in [5.74, 6) is 1.80. The molecule has 0 aromatic carbocycles. The summed E-state index contributed by atoms with van der Waals surface area (Å²) >= 11 is 0. The molecule has 1 heterocycles. The number of pyridine rings is 1. The van der Waals surface area contributed by atoms with Crippen LogP contribution in [0.1, 0.15) is 31.2 Å². The predicted octanol–water partition coefficient (Wildman–Crippen LogP) is 2.56. The van der Waals surface area contributed by atoms with Gasteiger partial charge in [-0.25, -0.2) is 4.98 Å². The van der Waals surface area contributed by atoms with E-state index in [2.05, 4.69) is 16.4 Å². The molecule has 1 fully saturated rings. The number of hydrogen-bond acceptors (Lipinski definition) is 3. The Morgan fingerprint density at radius 1 is 1.47 bits per heavy atom. The average molecular weight is 201 g/mol. The second-order valence-corrected chi connectivity index (χ2v) is 4.06. The largest absolute Gasteiger partial charge is 0.370 e. The molecule has 0 bridgehead atoms. The zero-order valence-corrected chi connectivity index (χ0v) is 8.74. The van der Waals surface area contributed by atoms with E-state index in [4.69, 9.17) is 5.26 Å². The lowest BCUT2D eigenvalue weighted by Crippen LogP contribution is -2.15. The molecule has 78 valence electrons. The molecule has 1 saturated carbocycles. The van der Waals surface area contributed by atoms with E-state index < -0.39 is 0 Å². The summed E-state index contributed by atoms with van der Waals surface area (Å²) in [4.78, 5) is 4.16. The van der Waals surface area contributed by atoms with Gasteiger partial charge in [0.1, 0.15) is 11.9 Å². The quantitative estimate of drug-likeness (QED) is 0.814. The van der Waals surface area contributed by atoms with E-state index in [1.807, 2.05) is 6.07 Å². The molecule has 1 aliphatic rings. The van der Waals surface area contributed by atoms with Crippen LogP contribution in [-0.4, -0.2) is 11.5 Å². The number of anilines is 1. The van der Waals surface area contributed by atoms with Crippen LogP contribution in [0.15, 0.2) is 18.3 Å². The highest BCUT2D eigenvalue weighted by molar-refractivity contribution is 5.38. The van der Waals surface area contributed by atoms with Gasteiger partial charge in [0.2, 0.25) is 0 Å². The highest BCUT2D eigenvalue weighted by Crippen LogP contribution is 2.28. The molecule has 0 unspecified atom stereocenters. The summed E-state index contributed by atoms with van der Waals surface area (Å²) in [5, 5.41) is 11.9. The van der Waals surface area contributed by atoms with Gasteiger partial charge >= 0.3 is 0 Å². The van der Waals surface area contributed by atoms with Crippen LogP contribution in [0.5, 0.6) is 0 Å². The van der Waals surface area contributed by atoms with Gasteiger partial charge in [-0.05, 0) is 24.5 Å². The van der Waals surface area contributed by atoms with E-state index in [9.17, 15) is 0 Å². The number of aromatic nitrogens is 1. The topological polar surface area (TPSA) is 48.7 Å². The third-order valence-electron chi connectivity index (χ3n) is 2.98. The predicted molar refractivity (Wildman–Crippen MR) is 59.4 cm³/mol. The van der Waals surface area contributed by atoms with Crippen molar-refractivity contribution >= 4 is 5.82 Å². The van der Waals surface area contributed by atoms with E-state index in [0.29, 0.717) is 5.56 Å². The average Bonchev–Trinajstić information content (AvgIpc) is 2.23. The minimum Gasteiger partial charge on any atom is -0.370 e. The smallest absolute Gasteiger partial charge is 0.125 e. The van der Waals surface area contributed by atoms with Crippen LogP contribution in [0.3, 0.4) is 0 Å². The number of nitrogens with zero attached hydrogens (tertiary/aromatic N) is 2. The van der Waals surface area contributed by atoms with Crippen molar-refractivity contribution in [1.82, 2.24) is 4.98 Å². The normalized spacial score (nSPS) is 15.4. The van der Waals surface area contributed by atoms with E-state index >= 15 is 0 Å². The van der Waals surface area contributed by atoms with Crippen molar-refractivity contribution in [3.05, 3.63) is 23.9 Å². The molecule has 15 heavy (non-hydrogen) atoms. The molecule has 0 aliphatic heterocycles. The SMILES string of the molecule is N#Cc1ccc(NCCC2CCC2)nc1. The van der Waals surface area contributed by atoms with Gasteiger partial charge in [-0.1, -0.05) is 19.3 Å².